The lowest BCUT2D eigenvalue weighted by atomic mass is 10.1. The second-order valence-corrected chi connectivity index (χ2v) is 8.48. The number of carboxylic acids is 2. The van der Waals surface area contributed by atoms with E-state index in [2.05, 4.69) is 15.2 Å². The minimum Gasteiger partial charge on any atom is -0.493 e. The number of rotatable bonds is 11. The number of halogens is 1. The van der Waals surface area contributed by atoms with E-state index in [9.17, 15) is 14.7 Å². The van der Waals surface area contributed by atoms with E-state index in [1.165, 1.54) is 25.3 Å². The Bertz CT molecular complexity index is 1230. The van der Waals surface area contributed by atoms with Crippen molar-refractivity contribution in [1.29, 1.82) is 0 Å². The van der Waals surface area contributed by atoms with Crippen molar-refractivity contribution in [2.45, 2.75) is 31.5 Å². The fourth-order valence-electron chi connectivity index (χ4n) is 2.97. The van der Waals surface area contributed by atoms with Gasteiger partial charge in [-0.2, -0.15) is 0 Å². The highest BCUT2D eigenvalue weighted by Crippen LogP contribution is 2.38. The van der Waals surface area contributed by atoms with Crippen LogP contribution in [0.3, 0.4) is 0 Å². The number of aromatic amines is 1. The Labute approximate surface area is 204 Å². The quantitative estimate of drug-likeness (QED) is 0.246. The van der Waals surface area contributed by atoms with Gasteiger partial charge in [0.2, 0.25) is 5.16 Å². The Morgan fingerprint density at radius 1 is 1.24 bits per heavy atom. The standard InChI is InChI=1S/C23H22ClN3O6S/c1-3-5-19-25-23(27-26-19)34-18(22(30)31)11-14-9-16(24)20(17(10-14)32-2)33-12-13-6-4-7-15(8-13)21(28)29/h4,6-11H,3,5,12H2,1-2H3,(H,28,29)(H,30,31)(H,25,26,27)/b18-11-. The molecular formula is C23H22ClN3O6S. The molecule has 178 valence electrons. The van der Waals surface area contributed by atoms with E-state index in [1.54, 1.807) is 24.3 Å². The van der Waals surface area contributed by atoms with Gasteiger partial charge in [0.05, 0.1) is 17.7 Å². The van der Waals surface area contributed by atoms with Gasteiger partial charge in [-0.1, -0.05) is 30.7 Å². The first-order valence-corrected chi connectivity index (χ1v) is 11.4. The highest BCUT2D eigenvalue weighted by Gasteiger charge is 2.17. The number of hydrogen-bond donors (Lipinski definition) is 3. The van der Waals surface area contributed by atoms with Crippen molar-refractivity contribution in [3.05, 3.63) is 68.8 Å². The second-order valence-electron chi connectivity index (χ2n) is 7.06. The van der Waals surface area contributed by atoms with Crippen LogP contribution in [-0.2, 0) is 17.8 Å². The number of carboxylic acid groups (broad SMARTS) is 2. The molecule has 0 spiro atoms. The third kappa shape index (κ3) is 6.52. The predicted molar refractivity (Wildman–Crippen MR) is 128 cm³/mol. The smallest absolute Gasteiger partial charge is 0.342 e. The van der Waals surface area contributed by atoms with Crippen LogP contribution in [0.25, 0.3) is 6.08 Å². The third-order valence-electron chi connectivity index (χ3n) is 4.52. The minimum absolute atomic E-state index is 0.000628. The highest BCUT2D eigenvalue weighted by molar-refractivity contribution is 8.04. The predicted octanol–water partition coefficient (Wildman–Crippen LogP) is 4.91. The molecule has 0 aliphatic carbocycles. The largest absolute Gasteiger partial charge is 0.493 e. The van der Waals surface area contributed by atoms with Crippen molar-refractivity contribution in [2.24, 2.45) is 0 Å². The number of aliphatic carboxylic acids is 1. The van der Waals surface area contributed by atoms with Gasteiger partial charge < -0.3 is 19.7 Å². The fourth-order valence-corrected chi connectivity index (χ4v) is 3.97. The first-order chi connectivity index (χ1) is 16.3. The molecule has 0 aliphatic heterocycles. The van der Waals surface area contributed by atoms with Crippen LogP contribution in [0.15, 0.2) is 46.5 Å². The molecule has 0 bridgehead atoms. The summed E-state index contributed by atoms with van der Waals surface area (Å²) in [5, 5.41) is 26.1. The fraction of sp³-hybridized carbons (Fsp3) is 0.217. The Morgan fingerprint density at radius 2 is 2.03 bits per heavy atom. The number of nitrogens with zero attached hydrogens (tertiary/aromatic N) is 2. The molecule has 0 saturated heterocycles. The molecule has 3 rings (SSSR count). The Kier molecular flexibility index (Phi) is 8.55. The molecule has 3 aromatic rings. The molecule has 0 saturated carbocycles. The number of thioether (sulfide) groups is 1. The Hall–Kier alpha value is -3.50. The normalized spacial score (nSPS) is 11.3. The molecule has 34 heavy (non-hydrogen) atoms. The molecule has 0 unspecified atom stereocenters. The van der Waals surface area contributed by atoms with Crippen LogP contribution in [0.2, 0.25) is 5.02 Å². The lowest BCUT2D eigenvalue weighted by Crippen LogP contribution is -2.02. The number of aromatic carboxylic acids is 1. The van der Waals surface area contributed by atoms with Crippen molar-refractivity contribution >= 4 is 41.4 Å². The number of hydrogen-bond acceptors (Lipinski definition) is 7. The van der Waals surface area contributed by atoms with E-state index >= 15 is 0 Å². The van der Waals surface area contributed by atoms with Crippen LogP contribution >= 0.6 is 23.4 Å². The number of carbonyl (C=O) groups is 2. The molecule has 0 aliphatic rings. The molecule has 9 nitrogen and oxygen atoms in total. The molecule has 0 fully saturated rings. The van der Waals surface area contributed by atoms with Crippen molar-refractivity contribution in [3.63, 3.8) is 0 Å². The van der Waals surface area contributed by atoms with E-state index in [-0.39, 0.29) is 27.8 Å². The molecule has 3 N–H and O–H groups in total. The van der Waals surface area contributed by atoms with Crippen LogP contribution < -0.4 is 9.47 Å². The lowest BCUT2D eigenvalue weighted by Gasteiger charge is -2.14. The van der Waals surface area contributed by atoms with Gasteiger partial charge in [0.15, 0.2) is 11.5 Å². The number of aryl methyl sites for hydroxylation is 1. The first-order valence-electron chi connectivity index (χ1n) is 10.2. The molecule has 2 aromatic carbocycles. The summed E-state index contributed by atoms with van der Waals surface area (Å²) >= 11 is 7.33. The maximum absolute atomic E-state index is 11.8. The SMILES string of the molecule is CCCc1nc(S/C(=C\c2cc(Cl)c(OCc3cccc(C(=O)O)c3)c(OC)c2)C(=O)O)n[nH]1. The summed E-state index contributed by atoms with van der Waals surface area (Å²) in [5.41, 5.74) is 1.27. The van der Waals surface area contributed by atoms with E-state index < -0.39 is 11.9 Å². The van der Waals surface area contributed by atoms with Crippen molar-refractivity contribution in [1.82, 2.24) is 15.2 Å². The topological polar surface area (TPSA) is 135 Å². The molecule has 11 heteroatoms. The average Bonchev–Trinajstić information content (AvgIpc) is 3.25. The summed E-state index contributed by atoms with van der Waals surface area (Å²) in [6.45, 7) is 2.07. The number of aromatic nitrogens is 3. The maximum Gasteiger partial charge on any atom is 0.342 e. The number of nitrogens with one attached hydrogen (secondary N) is 1. The van der Waals surface area contributed by atoms with Crippen molar-refractivity contribution < 1.29 is 29.3 Å². The van der Waals surface area contributed by atoms with Gasteiger partial charge in [-0.15, -0.1) is 5.10 Å². The van der Waals surface area contributed by atoms with E-state index in [0.29, 0.717) is 34.3 Å². The van der Waals surface area contributed by atoms with Gasteiger partial charge in [-0.05, 0) is 59.7 Å². The second kappa shape index (κ2) is 11.6. The molecular weight excluding hydrogens is 482 g/mol. The van der Waals surface area contributed by atoms with Crippen LogP contribution in [0, 0.1) is 0 Å². The molecule has 1 aromatic heterocycles. The first kappa shape index (κ1) is 25.1. The van der Waals surface area contributed by atoms with Gasteiger partial charge in [0.1, 0.15) is 17.3 Å². The Balaban J connectivity index is 1.82. The lowest BCUT2D eigenvalue weighted by molar-refractivity contribution is -0.131. The zero-order valence-corrected chi connectivity index (χ0v) is 19.9. The van der Waals surface area contributed by atoms with Gasteiger partial charge in [-0.25, -0.2) is 14.6 Å². The van der Waals surface area contributed by atoms with E-state index in [4.69, 9.17) is 26.2 Å². The maximum atomic E-state index is 11.8. The number of ether oxygens (including phenoxy) is 2. The Morgan fingerprint density at radius 3 is 2.71 bits per heavy atom. The number of methoxy groups -OCH3 is 1. The van der Waals surface area contributed by atoms with Crippen LogP contribution in [-0.4, -0.2) is 44.4 Å². The van der Waals surface area contributed by atoms with E-state index in [1.807, 2.05) is 6.92 Å². The molecule has 1 heterocycles. The van der Waals surface area contributed by atoms with Crippen molar-refractivity contribution in [2.75, 3.05) is 7.11 Å². The van der Waals surface area contributed by atoms with E-state index in [0.717, 1.165) is 18.2 Å². The summed E-state index contributed by atoms with van der Waals surface area (Å²) in [6.07, 6.45) is 3.05. The number of benzene rings is 2. The van der Waals surface area contributed by atoms with Crippen LogP contribution in [0.5, 0.6) is 11.5 Å². The average molecular weight is 504 g/mol. The summed E-state index contributed by atoms with van der Waals surface area (Å²) in [4.78, 5) is 27.2. The monoisotopic (exact) mass is 503 g/mol. The summed E-state index contributed by atoms with van der Waals surface area (Å²) < 4.78 is 11.2. The van der Waals surface area contributed by atoms with Crippen LogP contribution in [0.1, 0.15) is 40.7 Å². The highest BCUT2D eigenvalue weighted by atomic mass is 35.5. The van der Waals surface area contributed by atoms with Gasteiger partial charge in [0, 0.05) is 6.42 Å². The van der Waals surface area contributed by atoms with Crippen molar-refractivity contribution in [3.8, 4) is 11.5 Å². The zero-order valence-electron chi connectivity index (χ0n) is 18.4. The summed E-state index contributed by atoms with van der Waals surface area (Å²) in [7, 11) is 1.44. The zero-order chi connectivity index (χ0) is 24.7. The molecule has 0 amide bonds. The van der Waals surface area contributed by atoms with Gasteiger partial charge >= 0.3 is 11.9 Å². The minimum atomic E-state index is -1.14. The molecule has 0 atom stereocenters. The molecule has 0 radical (unpaired) electrons. The summed E-state index contributed by atoms with van der Waals surface area (Å²) in [6, 6.07) is 9.50. The summed E-state index contributed by atoms with van der Waals surface area (Å²) in [5.74, 6) is -0.932. The third-order valence-corrected chi connectivity index (χ3v) is 5.67. The van der Waals surface area contributed by atoms with Gasteiger partial charge in [-0.3, -0.25) is 5.10 Å². The number of H-pyrrole nitrogens is 1. The van der Waals surface area contributed by atoms with Crippen LogP contribution in [0.4, 0.5) is 0 Å². The van der Waals surface area contributed by atoms with Gasteiger partial charge in [0.25, 0.3) is 0 Å².